The molecule has 7 heteroatoms. The molecule has 32 heavy (non-hydrogen) atoms. The Kier molecular flexibility index (Phi) is 7.14. The maximum absolute atomic E-state index is 11.8. The summed E-state index contributed by atoms with van der Waals surface area (Å²) in [7, 11) is 0. The Morgan fingerprint density at radius 1 is 1.19 bits per heavy atom. The Morgan fingerprint density at radius 2 is 1.94 bits per heavy atom. The summed E-state index contributed by atoms with van der Waals surface area (Å²) in [5, 5.41) is 3.28. The third-order valence-electron chi connectivity index (χ3n) is 6.00. The first-order chi connectivity index (χ1) is 15.6. The van der Waals surface area contributed by atoms with E-state index in [0.29, 0.717) is 32.2 Å². The summed E-state index contributed by atoms with van der Waals surface area (Å²) in [5.41, 5.74) is 10.9. The zero-order chi connectivity index (χ0) is 22.3. The molecule has 2 aliphatic rings. The second kappa shape index (κ2) is 10.4. The van der Waals surface area contributed by atoms with Crippen molar-refractivity contribution in [3.05, 3.63) is 53.6 Å². The molecule has 4 rings (SSSR count). The highest BCUT2D eigenvalue weighted by Crippen LogP contribution is 2.30. The molecule has 0 atom stereocenters. The molecule has 3 N–H and O–H groups in total. The van der Waals surface area contributed by atoms with Gasteiger partial charge >= 0.3 is 6.09 Å². The van der Waals surface area contributed by atoms with E-state index in [0.717, 1.165) is 43.6 Å². The van der Waals surface area contributed by atoms with Crippen molar-refractivity contribution >= 4 is 12.1 Å². The van der Waals surface area contributed by atoms with E-state index < -0.39 is 0 Å². The number of benzene rings is 2. The molecule has 0 spiro atoms. The van der Waals surface area contributed by atoms with Crippen LogP contribution >= 0.6 is 0 Å². The average molecular weight is 437 g/mol. The fourth-order valence-corrected chi connectivity index (χ4v) is 4.19. The Hall–Kier alpha value is -3.22. The first-order valence-electron chi connectivity index (χ1n) is 11.5. The van der Waals surface area contributed by atoms with Crippen molar-refractivity contribution in [3.63, 3.8) is 0 Å². The molecule has 0 aliphatic carbocycles. The number of carbonyl (C=O) groups is 1. The second-order valence-corrected chi connectivity index (χ2v) is 8.28. The van der Waals surface area contributed by atoms with Crippen LogP contribution in [0.3, 0.4) is 0 Å². The lowest BCUT2D eigenvalue weighted by Gasteiger charge is -2.31. The van der Waals surface area contributed by atoms with Gasteiger partial charge in [0, 0.05) is 19.1 Å². The van der Waals surface area contributed by atoms with Gasteiger partial charge in [0.1, 0.15) is 5.75 Å². The number of carbonyl (C=O) groups excluding carboxylic acids is 1. The minimum Gasteiger partial charge on any atom is -0.493 e. The number of fused-ring (bicyclic) bond motifs is 1. The van der Waals surface area contributed by atoms with E-state index >= 15 is 0 Å². The van der Waals surface area contributed by atoms with E-state index in [4.69, 9.17) is 15.2 Å². The summed E-state index contributed by atoms with van der Waals surface area (Å²) in [5.74, 6) is 1.46. The molecule has 2 aromatic carbocycles. The van der Waals surface area contributed by atoms with Gasteiger partial charge in [-0.05, 0) is 67.0 Å². The van der Waals surface area contributed by atoms with E-state index in [9.17, 15) is 4.79 Å². The van der Waals surface area contributed by atoms with Gasteiger partial charge < -0.3 is 25.4 Å². The summed E-state index contributed by atoms with van der Waals surface area (Å²) < 4.78 is 10.8. The number of nitrogens with two attached hydrogens (primary N) is 1. The van der Waals surface area contributed by atoms with Crippen LogP contribution in [0.25, 0.3) is 11.1 Å². The molecule has 2 aliphatic heterocycles. The number of guanidine groups is 1. The number of likely N-dealkylation sites (tertiary alicyclic amines) is 1. The van der Waals surface area contributed by atoms with Gasteiger partial charge in [0.05, 0.1) is 19.8 Å². The van der Waals surface area contributed by atoms with Crippen molar-refractivity contribution in [1.82, 2.24) is 10.2 Å². The Labute approximate surface area is 189 Å². The molecule has 1 fully saturated rings. The maximum atomic E-state index is 11.8. The standard InChI is InChI=1S/C25H32N4O3/c1-2-31-25(30)29-13-11-22(12-14-29)28-24(26)27-17-18-5-7-19(8-6-18)20-9-10-23-21(16-20)4-3-15-32-23/h5-10,16,22H,2-4,11-15,17H2,1H3,(H3,26,27,28). The first-order valence-corrected chi connectivity index (χ1v) is 11.5. The molecule has 1 saturated heterocycles. The fraction of sp³-hybridized carbons (Fsp3) is 0.440. The number of aryl methyl sites for hydroxylation is 1. The SMILES string of the molecule is CCOC(=O)N1CCC(NC(N)=NCc2ccc(-c3ccc4c(c3)CCCO4)cc2)CC1. The number of aliphatic imine (C=N–C) groups is 1. The molecule has 7 nitrogen and oxygen atoms in total. The van der Waals surface area contributed by atoms with E-state index in [2.05, 4.69) is 52.8 Å². The Bertz CT molecular complexity index is 950. The highest BCUT2D eigenvalue weighted by atomic mass is 16.6. The van der Waals surface area contributed by atoms with E-state index in [1.807, 2.05) is 6.92 Å². The number of hydrogen-bond donors (Lipinski definition) is 2. The highest BCUT2D eigenvalue weighted by Gasteiger charge is 2.23. The predicted octanol–water partition coefficient (Wildman–Crippen LogP) is 3.70. The highest BCUT2D eigenvalue weighted by molar-refractivity contribution is 5.78. The number of nitrogens with one attached hydrogen (secondary N) is 1. The molecular weight excluding hydrogens is 404 g/mol. The van der Waals surface area contributed by atoms with Gasteiger partial charge in [0.25, 0.3) is 0 Å². The van der Waals surface area contributed by atoms with Gasteiger partial charge in [-0.25, -0.2) is 9.79 Å². The lowest BCUT2D eigenvalue weighted by atomic mass is 9.98. The van der Waals surface area contributed by atoms with Crippen LogP contribution in [0.4, 0.5) is 4.79 Å². The number of amides is 1. The summed E-state index contributed by atoms with van der Waals surface area (Å²) in [6.45, 7) is 4.89. The Morgan fingerprint density at radius 3 is 2.69 bits per heavy atom. The van der Waals surface area contributed by atoms with Crippen molar-refractivity contribution in [2.24, 2.45) is 10.7 Å². The molecule has 1 amide bonds. The number of hydrogen-bond acceptors (Lipinski definition) is 4. The van der Waals surface area contributed by atoms with Crippen molar-refractivity contribution < 1.29 is 14.3 Å². The molecular formula is C25H32N4O3. The van der Waals surface area contributed by atoms with Gasteiger partial charge in [-0.15, -0.1) is 0 Å². The van der Waals surface area contributed by atoms with Crippen molar-refractivity contribution in [2.45, 2.75) is 45.2 Å². The molecule has 170 valence electrons. The molecule has 2 heterocycles. The van der Waals surface area contributed by atoms with Crippen LogP contribution in [0, 0.1) is 0 Å². The van der Waals surface area contributed by atoms with Gasteiger partial charge in [0.15, 0.2) is 5.96 Å². The van der Waals surface area contributed by atoms with E-state index in [1.54, 1.807) is 4.90 Å². The number of ether oxygens (including phenoxy) is 2. The molecule has 0 aromatic heterocycles. The van der Waals surface area contributed by atoms with Gasteiger partial charge in [-0.3, -0.25) is 0 Å². The number of nitrogens with zero attached hydrogens (tertiary/aromatic N) is 2. The van der Waals surface area contributed by atoms with Crippen LogP contribution in [0.1, 0.15) is 37.3 Å². The topological polar surface area (TPSA) is 89.2 Å². The average Bonchev–Trinajstić information content (AvgIpc) is 2.83. The van der Waals surface area contributed by atoms with Crippen molar-refractivity contribution in [2.75, 3.05) is 26.3 Å². The lowest BCUT2D eigenvalue weighted by molar-refractivity contribution is 0.0963. The van der Waals surface area contributed by atoms with E-state index in [1.165, 1.54) is 16.7 Å². The first kappa shape index (κ1) is 22.0. The van der Waals surface area contributed by atoms with E-state index in [-0.39, 0.29) is 12.1 Å². The molecule has 0 saturated carbocycles. The van der Waals surface area contributed by atoms with Gasteiger partial charge in [-0.1, -0.05) is 30.3 Å². The molecule has 2 aromatic rings. The fourth-order valence-electron chi connectivity index (χ4n) is 4.19. The summed E-state index contributed by atoms with van der Waals surface area (Å²) in [4.78, 5) is 18.0. The van der Waals surface area contributed by atoms with Gasteiger partial charge in [0.2, 0.25) is 0 Å². The summed E-state index contributed by atoms with van der Waals surface area (Å²) in [6, 6.07) is 15.1. The molecule has 0 unspecified atom stereocenters. The monoisotopic (exact) mass is 436 g/mol. The normalized spacial score (nSPS) is 16.8. The number of rotatable bonds is 5. The minimum atomic E-state index is -0.236. The van der Waals surface area contributed by atoms with Crippen LogP contribution in [0.15, 0.2) is 47.5 Å². The second-order valence-electron chi connectivity index (χ2n) is 8.28. The number of piperidine rings is 1. The Balaban J connectivity index is 1.28. The van der Waals surface area contributed by atoms with Gasteiger partial charge in [-0.2, -0.15) is 0 Å². The largest absolute Gasteiger partial charge is 0.493 e. The van der Waals surface area contributed by atoms with Crippen LogP contribution < -0.4 is 15.8 Å². The van der Waals surface area contributed by atoms with Crippen LogP contribution in [-0.4, -0.2) is 49.3 Å². The summed E-state index contributed by atoms with van der Waals surface area (Å²) in [6.07, 6.45) is 3.57. The molecule has 0 bridgehead atoms. The maximum Gasteiger partial charge on any atom is 0.409 e. The minimum absolute atomic E-state index is 0.222. The van der Waals surface area contributed by atoms with Crippen molar-refractivity contribution in [1.29, 1.82) is 0 Å². The smallest absolute Gasteiger partial charge is 0.409 e. The van der Waals surface area contributed by atoms with Crippen LogP contribution in [-0.2, 0) is 17.7 Å². The van der Waals surface area contributed by atoms with Crippen LogP contribution in [0.2, 0.25) is 0 Å². The zero-order valence-corrected chi connectivity index (χ0v) is 18.7. The third kappa shape index (κ3) is 5.52. The quantitative estimate of drug-likeness (QED) is 0.551. The summed E-state index contributed by atoms with van der Waals surface area (Å²) >= 11 is 0. The third-order valence-corrected chi connectivity index (χ3v) is 6.00. The zero-order valence-electron chi connectivity index (χ0n) is 18.7. The lowest BCUT2D eigenvalue weighted by Crippen LogP contribution is -2.48. The predicted molar refractivity (Wildman–Crippen MR) is 126 cm³/mol. The van der Waals surface area contributed by atoms with Crippen LogP contribution in [0.5, 0.6) is 5.75 Å². The van der Waals surface area contributed by atoms with Crippen molar-refractivity contribution in [3.8, 4) is 16.9 Å². The molecule has 0 radical (unpaired) electrons.